The van der Waals surface area contributed by atoms with Crippen molar-refractivity contribution in [3.63, 3.8) is 0 Å². The Bertz CT molecular complexity index is 1010. The van der Waals surface area contributed by atoms with Crippen LogP contribution in [0.1, 0.15) is 35.6 Å². The summed E-state index contributed by atoms with van der Waals surface area (Å²) in [6, 6.07) is 16.5. The van der Waals surface area contributed by atoms with Crippen LogP contribution in [0.4, 0.5) is 5.69 Å². The summed E-state index contributed by atoms with van der Waals surface area (Å²) < 4.78 is 6.07. The molecule has 1 atom stereocenters. The van der Waals surface area contributed by atoms with Crippen molar-refractivity contribution in [2.75, 3.05) is 5.32 Å². The molecule has 0 fully saturated rings. The maximum absolute atomic E-state index is 12.9. The molecule has 3 heteroatoms. The molecule has 0 unspecified atom stereocenters. The first-order chi connectivity index (χ1) is 13.1. The Morgan fingerprint density at radius 3 is 2.56 bits per heavy atom. The van der Waals surface area contributed by atoms with E-state index in [-0.39, 0.29) is 5.91 Å². The zero-order chi connectivity index (χ0) is 19.0. The molecule has 4 rings (SSSR count). The summed E-state index contributed by atoms with van der Waals surface area (Å²) in [5.74, 6) is 0.675. The second-order valence-electron chi connectivity index (χ2n) is 7.31. The lowest BCUT2D eigenvalue weighted by Crippen LogP contribution is -2.32. The van der Waals surface area contributed by atoms with Gasteiger partial charge in [0.2, 0.25) is 0 Å². The Labute approximate surface area is 160 Å². The van der Waals surface area contributed by atoms with Crippen LogP contribution in [-0.4, -0.2) is 12.0 Å². The Morgan fingerprint density at radius 1 is 1.04 bits per heavy atom. The van der Waals surface area contributed by atoms with Crippen molar-refractivity contribution < 1.29 is 9.53 Å². The van der Waals surface area contributed by atoms with Gasteiger partial charge in [-0.25, -0.2) is 0 Å². The Morgan fingerprint density at radius 2 is 1.78 bits per heavy atom. The van der Waals surface area contributed by atoms with E-state index >= 15 is 0 Å². The van der Waals surface area contributed by atoms with Crippen LogP contribution >= 0.6 is 0 Å². The number of rotatable bonds is 5. The van der Waals surface area contributed by atoms with Crippen molar-refractivity contribution in [3.05, 3.63) is 70.8 Å². The predicted molar refractivity (Wildman–Crippen MR) is 111 cm³/mol. The van der Waals surface area contributed by atoms with E-state index in [0.717, 1.165) is 40.8 Å². The lowest BCUT2D eigenvalue weighted by atomic mass is 10.0. The molecule has 0 radical (unpaired) electrons. The first-order valence-corrected chi connectivity index (χ1v) is 9.65. The first kappa shape index (κ1) is 17.6. The number of ether oxygens (including phenoxy) is 1. The van der Waals surface area contributed by atoms with E-state index in [0.29, 0.717) is 6.42 Å². The third kappa shape index (κ3) is 3.18. The zero-order valence-corrected chi connectivity index (χ0v) is 16.1. The van der Waals surface area contributed by atoms with Gasteiger partial charge in [0, 0.05) is 11.1 Å². The van der Waals surface area contributed by atoms with Crippen LogP contribution in [0, 0.1) is 13.8 Å². The number of carbonyl (C=O) groups excluding carboxylic acids is 1. The molecule has 0 heterocycles. The smallest absolute Gasteiger partial charge is 0.265 e. The molecule has 1 amide bonds. The van der Waals surface area contributed by atoms with Gasteiger partial charge >= 0.3 is 0 Å². The lowest BCUT2D eigenvalue weighted by Gasteiger charge is -2.20. The molecule has 0 aliphatic heterocycles. The van der Waals surface area contributed by atoms with Crippen LogP contribution in [-0.2, 0) is 17.6 Å². The van der Waals surface area contributed by atoms with Gasteiger partial charge < -0.3 is 10.1 Å². The first-order valence-electron chi connectivity index (χ1n) is 9.65. The van der Waals surface area contributed by atoms with E-state index in [2.05, 4.69) is 42.6 Å². The van der Waals surface area contributed by atoms with Crippen molar-refractivity contribution >= 4 is 22.4 Å². The molecule has 0 saturated heterocycles. The molecular formula is C24H25NO2. The molecule has 3 aromatic carbocycles. The summed E-state index contributed by atoms with van der Waals surface area (Å²) in [6.45, 7) is 6.05. The molecule has 1 N–H and O–H groups in total. The quantitative estimate of drug-likeness (QED) is 0.667. The molecule has 1 aliphatic rings. The molecule has 3 aromatic rings. The molecular weight excluding hydrogens is 334 g/mol. The Balaban J connectivity index is 1.60. The fourth-order valence-electron chi connectivity index (χ4n) is 3.90. The molecule has 3 nitrogen and oxygen atoms in total. The highest BCUT2D eigenvalue weighted by atomic mass is 16.5. The van der Waals surface area contributed by atoms with Crippen LogP contribution < -0.4 is 10.1 Å². The van der Waals surface area contributed by atoms with Gasteiger partial charge in [-0.15, -0.1) is 0 Å². The fraction of sp³-hybridized carbons (Fsp3) is 0.292. The second-order valence-corrected chi connectivity index (χ2v) is 7.31. The van der Waals surface area contributed by atoms with Crippen LogP contribution in [0.5, 0.6) is 5.75 Å². The zero-order valence-electron chi connectivity index (χ0n) is 16.1. The van der Waals surface area contributed by atoms with Crippen molar-refractivity contribution in [2.45, 2.75) is 46.1 Å². The number of carbonyl (C=O) groups is 1. The Hall–Kier alpha value is -2.81. The SMILES string of the molecule is CC[C@H](Oc1cccc(C)c1C)C(=O)Nc1ccc2c3c(cccc13)CC2. The van der Waals surface area contributed by atoms with Gasteiger partial charge in [-0.1, -0.05) is 43.3 Å². The van der Waals surface area contributed by atoms with Crippen molar-refractivity contribution in [2.24, 2.45) is 0 Å². The standard InChI is InChI=1S/C24H25NO2/c1-4-21(27-22-10-5-7-15(2)16(22)3)24(26)25-20-14-13-18-12-11-17-8-6-9-19(20)23(17)18/h5-10,13-14,21H,4,11-12H2,1-3H3,(H,25,26)/t21-/m0/s1. The average molecular weight is 359 g/mol. The molecule has 1 aliphatic carbocycles. The van der Waals surface area contributed by atoms with Crippen LogP contribution in [0.15, 0.2) is 48.5 Å². The molecule has 0 saturated carbocycles. The number of hydrogen-bond acceptors (Lipinski definition) is 2. The highest BCUT2D eigenvalue weighted by molar-refractivity contribution is 6.06. The summed E-state index contributed by atoms with van der Waals surface area (Å²) in [6.07, 6.45) is 2.25. The van der Waals surface area contributed by atoms with Crippen molar-refractivity contribution in [3.8, 4) is 5.75 Å². The number of nitrogens with one attached hydrogen (secondary N) is 1. The van der Waals surface area contributed by atoms with Gasteiger partial charge in [-0.05, 0) is 72.9 Å². The van der Waals surface area contributed by atoms with Gasteiger partial charge in [0.25, 0.3) is 5.91 Å². The van der Waals surface area contributed by atoms with E-state index in [1.54, 1.807) is 0 Å². The topological polar surface area (TPSA) is 38.3 Å². The van der Waals surface area contributed by atoms with Gasteiger partial charge in [-0.2, -0.15) is 0 Å². The van der Waals surface area contributed by atoms with E-state index in [1.165, 1.54) is 16.5 Å². The minimum atomic E-state index is -0.520. The number of amides is 1. The van der Waals surface area contributed by atoms with Gasteiger partial charge in [0.1, 0.15) is 5.75 Å². The van der Waals surface area contributed by atoms with Crippen LogP contribution in [0.25, 0.3) is 10.8 Å². The normalized spacial score (nSPS) is 13.6. The monoisotopic (exact) mass is 359 g/mol. The van der Waals surface area contributed by atoms with E-state index in [4.69, 9.17) is 4.74 Å². The highest BCUT2D eigenvalue weighted by Crippen LogP contribution is 2.35. The van der Waals surface area contributed by atoms with E-state index in [1.807, 2.05) is 32.0 Å². The van der Waals surface area contributed by atoms with Crippen LogP contribution in [0.2, 0.25) is 0 Å². The lowest BCUT2D eigenvalue weighted by molar-refractivity contribution is -0.122. The summed E-state index contributed by atoms with van der Waals surface area (Å²) in [5.41, 5.74) is 5.85. The van der Waals surface area contributed by atoms with Gasteiger partial charge in [0.15, 0.2) is 6.10 Å². The summed E-state index contributed by atoms with van der Waals surface area (Å²) >= 11 is 0. The van der Waals surface area contributed by atoms with E-state index in [9.17, 15) is 4.79 Å². The van der Waals surface area contributed by atoms with Gasteiger partial charge in [-0.3, -0.25) is 4.79 Å². The minimum absolute atomic E-state index is 0.0999. The van der Waals surface area contributed by atoms with Crippen molar-refractivity contribution in [1.29, 1.82) is 0 Å². The molecule has 0 aromatic heterocycles. The molecule has 0 spiro atoms. The van der Waals surface area contributed by atoms with Crippen LogP contribution in [0.3, 0.4) is 0 Å². The highest BCUT2D eigenvalue weighted by Gasteiger charge is 2.22. The second kappa shape index (κ2) is 7.07. The third-order valence-corrected chi connectivity index (χ3v) is 5.62. The summed E-state index contributed by atoms with van der Waals surface area (Å²) in [5, 5.41) is 5.54. The number of aryl methyl sites for hydroxylation is 3. The largest absolute Gasteiger partial charge is 0.480 e. The summed E-state index contributed by atoms with van der Waals surface area (Å²) in [7, 11) is 0. The minimum Gasteiger partial charge on any atom is -0.480 e. The molecule has 27 heavy (non-hydrogen) atoms. The number of anilines is 1. The maximum Gasteiger partial charge on any atom is 0.265 e. The van der Waals surface area contributed by atoms with Crippen molar-refractivity contribution in [1.82, 2.24) is 0 Å². The number of benzene rings is 3. The summed E-state index contributed by atoms with van der Waals surface area (Å²) in [4.78, 5) is 12.9. The average Bonchev–Trinajstić information content (AvgIpc) is 3.10. The fourth-order valence-corrected chi connectivity index (χ4v) is 3.90. The molecule has 138 valence electrons. The van der Waals surface area contributed by atoms with Gasteiger partial charge in [0.05, 0.1) is 0 Å². The van der Waals surface area contributed by atoms with E-state index < -0.39 is 6.10 Å². The number of hydrogen-bond donors (Lipinski definition) is 1. The Kier molecular flexibility index (Phi) is 4.61. The maximum atomic E-state index is 12.9. The molecule has 0 bridgehead atoms. The third-order valence-electron chi connectivity index (χ3n) is 5.62. The predicted octanol–water partition coefficient (Wildman–Crippen LogP) is 5.35.